The van der Waals surface area contributed by atoms with Gasteiger partial charge in [0, 0.05) is 37.5 Å². The van der Waals surface area contributed by atoms with Crippen LogP contribution >= 0.6 is 0 Å². The number of sulfone groups is 1. The molecule has 1 saturated heterocycles. The third-order valence-electron chi connectivity index (χ3n) is 5.68. The number of carbonyl (C=O) groups excluding carboxylic acids is 2. The highest BCUT2D eigenvalue weighted by atomic mass is 32.2. The van der Waals surface area contributed by atoms with Crippen molar-refractivity contribution >= 4 is 27.3 Å². The van der Waals surface area contributed by atoms with Gasteiger partial charge in [-0.15, -0.1) is 0 Å². The summed E-state index contributed by atoms with van der Waals surface area (Å²) < 4.78 is 35.4. The van der Waals surface area contributed by atoms with E-state index in [1.54, 1.807) is 0 Å². The van der Waals surface area contributed by atoms with Crippen LogP contribution in [-0.4, -0.2) is 61.5 Å². The summed E-state index contributed by atoms with van der Waals surface area (Å²) in [4.78, 5) is 34.4. The average Bonchev–Trinajstić information content (AvgIpc) is 2.88. The van der Waals surface area contributed by atoms with E-state index in [0.29, 0.717) is 24.3 Å². The molecule has 0 aliphatic carbocycles. The fraction of sp³-hybridized carbons (Fsp3) is 0.364. The normalized spacial score (nSPS) is 15.1. The summed E-state index contributed by atoms with van der Waals surface area (Å²) in [6.07, 6.45) is 0.301. The van der Waals surface area contributed by atoms with Crippen LogP contribution in [-0.2, 0) is 19.4 Å². The maximum Gasteiger partial charge on any atom is 0.269 e. The van der Waals surface area contributed by atoms with Crippen molar-refractivity contribution in [1.82, 2.24) is 10.8 Å². The molecule has 3 N–H and O–H groups in total. The molecule has 35 heavy (non-hydrogen) atoms. The van der Waals surface area contributed by atoms with Gasteiger partial charge >= 0.3 is 0 Å². The van der Waals surface area contributed by atoms with Gasteiger partial charge in [-0.2, -0.15) is 0 Å². The average molecular weight is 508 g/mol. The van der Waals surface area contributed by atoms with E-state index in [0.717, 1.165) is 0 Å². The molecule has 3 rings (SSSR count). The molecule has 13 heteroatoms. The van der Waals surface area contributed by atoms with Gasteiger partial charge in [0.05, 0.1) is 16.4 Å². The smallest absolute Gasteiger partial charge is 0.269 e. The summed E-state index contributed by atoms with van der Waals surface area (Å²) in [5.74, 6) is -0.960. The van der Waals surface area contributed by atoms with E-state index in [2.05, 4.69) is 5.32 Å². The maximum absolute atomic E-state index is 13.2. The number of hydrogen-bond acceptors (Lipinski definition) is 9. The van der Waals surface area contributed by atoms with Crippen LogP contribution in [0.3, 0.4) is 0 Å². The standard InChI is InChI=1S/C22H25N3O9S/c26-20(16-2-4-17(5-3-16)25(29)30)23-12-1-13-34-18-6-8-19(9-7-18)35(31,32)22(21(27)24-28)10-14-33-15-11-22/h2-9,28H,1,10-15H2,(H,23,26)(H,24,27). The van der Waals surface area contributed by atoms with E-state index in [1.165, 1.54) is 54.0 Å². The lowest BCUT2D eigenvalue weighted by Gasteiger charge is -2.34. The molecule has 188 valence electrons. The Balaban J connectivity index is 1.52. The van der Waals surface area contributed by atoms with Crippen molar-refractivity contribution in [2.75, 3.05) is 26.4 Å². The number of nitro groups is 1. The van der Waals surface area contributed by atoms with Crippen LogP contribution in [0.1, 0.15) is 29.6 Å². The highest BCUT2D eigenvalue weighted by Crippen LogP contribution is 2.35. The zero-order chi connectivity index (χ0) is 25.5. The lowest BCUT2D eigenvalue weighted by Crippen LogP contribution is -2.54. The molecule has 0 spiro atoms. The summed E-state index contributed by atoms with van der Waals surface area (Å²) in [7, 11) is -4.12. The molecule has 1 heterocycles. The molecular formula is C22H25N3O9S. The van der Waals surface area contributed by atoms with Gasteiger partial charge in [-0.1, -0.05) is 0 Å². The number of ether oxygens (including phenoxy) is 2. The number of hydroxylamine groups is 1. The number of nitrogens with one attached hydrogen (secondary N) is 2. The third-order valence-corrected chi connectivity index (χ3v) is 8.20. The van der Waals surface area contributed by atoms with Gasteiger partial charge in [0.25, 0.3) is 17.5 Å². The molecule has 2 aromatic carbocycles. The number of nitro benzene ring substituents is 1. The van der Waals surface area contributed by atoms with Gasteiger partial charge in [-0.25, -0.2) is 13.9 Å². The first-order valence-electron chi connectivity index (χ1n) is 10.7. The molecule has 2 amide bonds. The fourth-order valence-corrected chi connectivity index (χ4v) is 5.60. The van der Waals surface area contributed by atoms with E-state index >= 15 is 0 Å². The molecular weight excluding hydrogens is 482 g/mol. The lowest BCUT2D eigenvalue weighted by molar-refractivity contribution is -0.384. The predicted octanol–water partition coefficient (Wildman–Crippen LogP) is 1.62. The highest BCUT2D eigenvalue weighted by molar-refractivity contribution is 7.93. The number of carbonyl (C=O) groups is 2. The van der Waals surface area contributed by atoms with E-state index in [1.807, 2.05) is 0 Å². The van der Waals surface area contributed by atoms with Crippen molar-refractivity contribution in [3.8, 4) is 5.75 Å². The Morgan fingerprint density at radius 1 is 1.09 bits per heavy atom. The predicted molar refractivity (Wildman–Crippen MR) is 122 cm³/mol. The molecule has 0 unspecified atom stereocenters. The van der Waals surface area contributed by atoms with Crippen molar-refractivity contribution in [1.29, 1.82) is 0 Å². The Hall–Kier alpha value is -3.55. The number of nitrogens with zero attached hydrogens (tertiary/aromatic N) is 1. The first-order chi connectivity index (χ1) is 16.7. The molecule has 0 radical (unpaired) electrons. The van der Waals surface area contributed by atoms with Gasteiger partial charge in [0.1, 0.15) is 5.75 Å². The van der Waals surface area contributed by atoms with Crippen LogP contribution in [0.5, 0.6) is 5.75 Å². The summed E-state index contributed by atoms with van der Waals surface area (Å²) >= 11 is 0. The molecule has 1 aliphatic heterocycles. The van der Waals surface area contributed by atoms with Crippen LogP contribution in [0.4, 0.5) is 5.69 Å². The van der Waals surface area contributed by atoms with Crippen LogP contribution in [0.2, 0.25) is 0 Å². The van der Waals surface area contributed by atoms with Crippen molar-refractivity contribution in [3.05, 3.63) is 64.2 Å². The number of amides is 2. The summed E-state index contributed by atoms with van der Waals surface area (Å²) in [5, 5.41) is 22.5. The zero-order valence-electron chi connectivity index (χ0n) is 18.6. The number of hydrogen-bond donors (Lipinski definition) is 3. The van der Waals surface area contributed by atoms with Crippen LogP contribution < -0.4 is 15.5 Å². The minimum atomic E-state index is -4.12. The summed E-state index contributed by atoms with van der Waals surface area (Å²) in [6.45, 7) is 0.688. The molecule has 0 bridgehead atoms. The van der Waals surface area contributed by atoms with Crippen molar-refractivity contribution in [3.63, 3.8) is 0 Å². The number of rotatable bonds is 10. The second kappa shape index (κ2) is 11.3. The molecule has 0 aromatic heterocycles. The fourth-order valence-electron chi connectivity index (χ4n) is 3.66. The van der Waals surface area contributed by atoms with Crippen molar-refractivity contribution in [2.45, 2.75) is 28.9 Å². The molecule has 1 fully saturated rings. The SMILES string of the molecule is O=C(NCCCOc1ccc(S(=O)(=O)C2(C(=O)NO)CCOCC2)cc1)c1ccc([N+](=O)[O-])cc1. The molecule has 12 nitrogen and oxygen atoms in total. The van der Waals surface area contributed by atoms with Crippen molar-refractivity contribution in [2.24, 2.45) is 0 Å². The Morgan fingerprint density at radius 3 is 2.29 bits per heavy atom. The van der Waals surface area contributed by atoms with E-state index in [4.69, 9.17) is 14.7 Å². The second-order valence-corrected chi connectivity index (χ2v) is 10.0. The van der Waals surface area contributed by atoms with Gasteiger partial charge in [-0.3, -0.25) is 24.9 Å². The Kier molecular flexibility index (Phi) is 8.38. The highest BCUT2D eigenvalue weighted by Gasteiger charge is 2.52. The van der Waals surface area contributed by atoms with E-state index in [9.17, 15) is 28.1 Å². The molecule has 2 aromatic rings. The van der Waals surface area contributed by atoms with Gasteiger partial charge in [0.15, 0.2) is 14.6 Å². The van der Waals surface area contributed by atoms with Crippen LogP contribution in [0, 0.1) is 10.1 Å². The van der Waals surface area contributed by atoms with E-state index in [-0.39, 0.29) is 49.2 Å². The monoisotopic (exact) mass is 507 g/mol. The van der Waals surface area contributed by atoms with Crippen LogP contribution in [0.25, 0.3) is 0 Å². The van der Waals surface area contributed by atoms with Crippen LogP contribution in [0.15, 0.2) is 53.4 Å². The molecule has 0 saturated carbocycles. The minimum absolute atomic E-state index is 0.0778. The second-order valence-electron chi connectivity index (χ2n) is 7.78. The first kappa shape index (κ1) is 26.1. The third kappa shape index (κ3) is 5.75. The molecule has 1 aliphatic rings. The number of benzene rings is 2. The zero-order valence-corrected chi connectivity index (χ0v) is 19.5. The van der Waals surface area contributed by atoms with Gasteiger partial charge in [0.2, 0.25) is 0 Å². The topological polar surface area (TPSA) is 174 Å². The quantitative estimate of drug-likeness (QED) is 0.187. The summed E-state index contributed by atoms with van der Waals surface area (Å²) in [5.41, 5.74) is 1.67. The lowest BCUT2D eigenvalue weighted by atomic mass is 9.98. The molecule has 0 atom stereocenters. The Morgan fingerprint density at radius 2 is 1.71 bits per heavy atom. The van der Waals surface area contributed by atoms with Gasteiger partial charge < -0.3 is 14.8 Å². The van der Waals surface area contributed by atoms with Gasteiger partial charge in [-0.05, 0) is 55.7 Å². The largest absolute Gasteiger partial charge is 0.494 e. The summed E-state index contributed by atoms with van der Waals surface area (Å²) in [6, 6.07) is 10.8. The van der Waals surface area contributed by atoms with Crippen molar-refractivity contribution < 1.29 is 37.6 Å². The minimum Gasteiger partial charge on any atom is -0.494 e. The number of non-ortho nitro benzene ring substituents is 1. The van der Waals surface area contributed by atoms with E-state index < -0.39 is 25.4 Å². The Labute approximate surface area is 201 Å². The Bertz CT molecular complexity index is 1160. The maximum atomic E-state index is 13.2. The first-order valence-corrected chi connectivity index (χ1v) is 12.2.